The van der Waals surface area contributed by atoms with Crippen molar-refractivity contribution in [2.24, 2.45) is 0 Å². The van der Waals surface area contributed by atoms with E-state index in [-0.39, 0.29) is 12.5 Å². The minimum Gasteiger partial charge on any atom is -0.452 e. The first kappa shape index (κ1) is 20.8. The van der Waals surface area contributed by atoms with E-state index in [1.165, 1.54) is 4.88 Å². The fourth-order valence-corrected chi connectivity index (χ4v) is 5.61. The van der Waals surface area contributed by atoms with E-state index in [1.54, 1.807) is 16.2 Å². The summed E-state index contributed by atoms with van der Waals surface area (Å²) in [6.45, 7) is 0.330. The number of allylic oxidation sites excluding steroid dienone is 1. The lowest BCUT2D eigenvalue weighted by molar-refractivity contribution is -0.121. The van der Waals surface area contributed by atoms with Crippen molar-refractivity contribution in [3.63, 3.8) is 0 Å². The Morgan fingerprint density at radius 1 is 1.00 bits per heavy atom. The van der Waals surface area contributed by atoms with Crippen molar-refractivity contribution in [2.75, 3.05) is 18.1 Å². The van der Waals surface area contributed by atoms with E-state index in [0.29, 0.717) is 12.1 Å². The molecule has 0 radical (unpaired) electrons. The summed E-state index contributed by atoms with van der Waals surface area (Å²) in [6.07, 6.45) is 4.52. The fraction of sp³-hybridized carbons (Fsp3) is 0.179. The van der Waals surface area contributed by atoms with Gasteiger partial charge in [0.25, 0.3) is 5.91 Å². The van der Waals surface area contributed by atoms with Crippen molar-refractivity contribution < 1.29 is 14.3 Å². The Hall–Kier alpha value is -3.77. The molecule has 1 amide bonds. The van der Waals surface area contributed by atoms with Crippen LogP contribution in [0.1, 0.15) is 38.5 Å². The molecule has 6 rings (SSSR count). The van der Waals surface area contributed by atoms with Gasteiger partial charge in [0.1, 0.15) is 0 Å². The number of ether oxygens (including phenoxy) is 1. The van der Waals surface area contributed by atoms with E-state index in [0.717, 1.165) is 58.2 Å². The molecule has 2 aliphatic rings. The molecule has 6 heteroatoms. The van der Waals surface area contributed by atoms with Crippen molar-refractivity contribution in [1.29, 1.82) is 0 Å². The quantitative estimate of drug-likeness (QED) is 0.371. The Morgan fingerprint density at radius 3 is 2.74 bits per heavy atom. The first-order chi connectivity index (χ1) is 16.7. The van der Waals surface area contributed by atoms with Gasteiger partial charge in [-0.05, 0) is 65.6 Å². The van der Waals surface area contributed by atoms with Crippen LogP contribution >= 0.6 is 11.3 Å². The smallest absolute Gasteiger partial charge is 0.339 e. The molecule has 3 heterocycles. The van der Waals surface area contributed by atoms with Gasteiger partial charge in [-0.15, -0.1) is 11.3 Å². The van der Waals surface area contributed by atoms with E-state index in [1.807, 2.05) is 54.6 Å². The monoisotopic (exact) mass is 466 g/mol. The molecule has 0 saturated heterocycles. The number of esters is 1. The fourth-order valence-electron chi connectivity index (χ4n) is 4.93. The third kappa shape index (κ3) is 3.60. The standard InChI is InChI=1S/C28H22N2O3S/c31-25(30-14-13-18-6-1-4-10-24(18)30)17-33-28(32)26-21-8-2-3-9-23(21)29-27-19(11-12-22(26)27)16-20-7-5-15-34-20/h1-10,15-16H,11-14,17H2. The number of hydrogen-bond acceptors (Lipinski definition) is 5. The summed E-state index contributed by atoms with van der Waals surface area (Å²) >= 11 is 1.68. The SMILES string of the molecule is O=C(OCC(=O)N1CCc2ccccc21)c1c2c(nc3ccccc13)C(=Cc1cccs1)CC2. The summed E-state index contributed by atoms with van der Waals surface area (Å²) in [7, 11) is 0. The second kappa shape index (κ2) is 8.54. The number of carbonyl (C=O) groups excluding carboxylic acids is 2. The number of thiophene rings is 1. The molecule has 0 fully saturated rings. The molecule has 0 saturated carbocycles. The molecule has 0 atom stereocenters. The lowest BCUT2D eigenvalue weighted by atomic mass is 10.0. The van der Waals surface area contributed by atoms with Gasteiger partial charge < -0.3 is 9.64 Å². The van der Waals surface area contributed by atoms with Crippen molar-refractivity contribution in [2.45, 2.75) is 19.3 Å². The Morgan fingerprint density at radius 2 is 1.85 bits per heavy atom. The molecule has 1 aliphatic carbocycles. The van der Waals surface area contributed by atoms with E-state index in [9.17, 15) is 9.59 Å². The molecule has 5 nitrogen and oxygen atoms in total. The molecule has 4 aromatic rings. The summed E-state index contributed by atoms with van der Waals surface area (Å²) in [5.74, 6) is -0.667. The van der Waals surface area contributed by atoms with Gasteiger partial charge >= 0.3 is 5.97 Å². The number of aromatic nitrogens is 1. The summed E-state index contributed by atoms with van der Waals surface area (Å²) < 4.78 is 5.62. The van der Waals surface area contributed by atoms with Gasteiger partial charge in [-0.2, -0.15) is 0 Å². The van der Waals surface area contributed by atoms with Crippen LogP contribution in [0, 0.1) is 0 Å². The number of anilines is 1. The van der Waals surface area contributed by atoms with Crippen molar-refractivity contribution in [1.82, 2.24) is 4.98 Å². The van der Waals surface area contributed by atoms with E-state index in [4.69, 9.17) is 9.72 Å². The minimum atomic E-state index is -0.465. The van der Waals surface area contributed by atoms with Gasteiger partial charge in [-0.1, -0.05) is 42.5 Å². The second-order valence-corrected chi connectivity index (χ2v) is 9.50. The van der Waals surface area contributed by atoms with E-state index in [2.05, 4.69) is 17.5 Å². The lowest BCUT2D eigenvalue weighted by Gasteiger charge is -2.18. The van der Waals surface area contributed by atoms with Crippen LogP contribution in [0.2, 0.25) is 0 Å². The molecular weight excluding hydrogens is 444 g/mol. The molecule has 0 N–H and O–H groups in total. The normalized spacial score (nSPS) is 15.5. The van der Waals surface area contributed by atoms with Crippen LogP contribution in [0.5, 0.6) is 0 Å². The predicted octanol–water partition coefficient (Wildman–Crippen LogP) is 5.53. The maximum absolute atomic E-state index is 13.4. The number of amides is 1. The van der Waals surface area contributed by atoms with Crippen molar-refractivity contribution in [3.8, 4) is 0 Å². The summed E-state index contributed by atoms with van der Waals surface area (Å²) in [5.41, 5.74) is 6.23. The van der Waals surface area contributed by atoms with Gasteiger partial charge in [0, 0.05) is 22.5 Å². The number of nitrogens with zero attached hydrogens (tertiary/aromatic N) is 2. The number of rotatable bonds is 4. The molecule has 0 spiro atoms. The number of fused-ring (bicyclic) bond motifs is 3. The third-order valence-electron chi connectivity index (χ3n) is 6.52. The van der Waals surface area contributed by atoms with E-state index >= 15 is 0 Å². The highest BCUT2D eigenvalue weighted by atomic mass is 32.1. The van der Waals surface area contributed by atoms with Crippen molar-refractivity contribution in [3.05, 3.63) is 93.3 Å². The van der Waals surface area contributed by atoms with Gasteiger partial charge in [0.2, 0.25) is 0 Å². The molecule has 168 valence electrons. The molecule has 2 aromatic carbocycles. The number of pyridine rings is 1. The lowest BCUT2D eigenvalue weighted by Crippen LogP contribution is -2.33. The number of benzene rings is 2. The molecular formula is C28H22N2O3S. The van der Waals surface area contributed by atoms with Gasteiger partial charge in [-0.25, -0.2) is 9.78 Å². The van der Waals surface area contributed by atoms with Gasteiger partial charge in [0.05, 0.1) is 16.8 Å². The maximum atomic E-state index is 13.4. The van der Waals surface area contributed by atoms with E-state index < -0.39 is 5.97 Å². The van der Waals surface area contributed by atoms with Crippen LogP contribution in [-0.4, -0.2) is 30.0 Å². The van der Waals surface area contributed by atoms with Crippen LogP contribution < -0.4 is 4.90 Å². The summed E-state index contributed by atoms with van der Waals surface area (Å²) in [6, 6.07) is 19.6. The topological polar surface area (TPSA) is 59.5 Å². The predicted molar refractivity (Wildman–Crippen MR) is 135 cm³/mol. The summed E-state index contributed by atoms with van der Waals surface area (Å²) in [5, 5.41) is 2.82. The van der Waals surface area contributed by atoms with Crippen molar-refractivity contribution >= 4 is 51.5 Å². The average molecular weight is 467 g/mol. The average Bonchev–Trinajstić information content (AvgIpc) is 3.62. The molecule has 34 heavy (non-hydrogen) atoms. The Balaban J connectivity index is 1.31. The molecule has 0 unspecified atom stereocenters. The first-order valence-electron chi connectivity index (χ1n) is 11.4. The zero-order valence-electron chi connectivity index (χ0n) is 18.5. The zero-order chi connectivity index (χ0) is 23.1. The Labute approximate surface area is 201 Å². The molecule has 0 bridgehead atoms. The highest BCUT2D eigenvalue weighted by Gasteiger charge is 2.29. The molecule has 2 aromatic heterocycles. The largest absolute Gasteiger partial charge is 0.452 e. The Kier molecular flexibility index (Phi) is 5.23. The molecule has 1 aliphatic heterocycles. The Bertz CT molecular complexity index is 1460. The van der Waals surface area contributed by atoms with Crippen LogP contribution in [-0.2, 0) is 22.4 Å². The van der Waals surface area contributed by atoms with Gasteiger partial charge in [0.15, 0.2) is 6.61 Å². The number of carbonyl (C=O) groups is 2. The third-order valence-corrected chi connectivity index (χ3v) is 7.34. The first-order valence-corrected chi connectivity index (χ1v) is 12.3. The highest BCUT2D eigenvalue weighted by molar-refractivity contribution is 7.10. The van der Waals surface area contributed by atoms with Crippen LogP contribution in [0.15, 0.2) is 66.0 Å². The number of para-hydroxylation sites is 2. The van der Waals surface area contributed by atoms with Crippen LogP contribution in [0.4, 0.5) is 5.69 Å². The highest BCUT2D eigenvalue weighted by Crippen LogP contribution is 2.38. The number of hydrogen-bond donors (Lipinski definition) is 0. The second-order valence-electron chi connectivity index (χ2n) is 8.52. The zero-order valence-corrected chi connectivity index (χ0v) is 19.3. The minimum absolute atomic E-state index is 0.202. The van der Waals surface area contributed by atoms with Crippen LogP contribution in [0.25, 0.3) is 22.6 Å². The van der Waals surface area contributed by atoms with Gasteiger partial charge in [-0.3, -0.25) is 4.79 Å². The summed E-state index contributed by atoms with van der Waals surface area (Å²) in [4.78, 5) is 34.0. The maximum Gasteiger partial charge on any atom is 0.339 e. The van der Waals surface area contributed by atoms with Crippen LogP contribution in [0.3, 0.4) is 0 Å².